The van der Waals surface area contributed by atoms with Crippen LogP contribution in [0, 0.1) is 0 Å². The summed E-state index contributed by atoms with van der Waals surface area (Å²) in [5.41, 5.74) is 9.47. The van der Waals surface area contributed by atoms with E-state index < -0.39 is 0 Å². The van der Waals surface area contributed by atoms with Gasteiger partial charge in [0, 0.05) is 5.56 Å². The second kappa shape index (κ2) is 8.73. The summed E-state index contributed by atoms with van der Waals surface area (Å²) >= 11 is 16.8. The normalized spacial score (nSPS) is 10.6. The molecule has 0 spiro atoms. The fourth-order valence-electron chi connectivity index (χ4n) is 1.91. The zero-order chi connectivity index (χ0) is 17.5. The lowest BCUT2D eigenvalue weighted by molar-refractivity contribution is 0.297. The van der Waals surface area contributed by atoms with Crippen molar-refractivity contribution in [3.63, 3.8) is 0 Å². The predicted octanol–water partition coefficient (Wildman–Crippen LogP) is 3.75. The molecule has 0 heterocycles. The van der Waals surface area contributed by atoms with Crippen LogP contribution in [0.2, 0.25) is 10.0 Å². The van der Waals surface area contributed by atoms with Crippen LogP contribution < -0.4 is 20.6 Å². The number of hydrogen-bond donors (Lipinski definition) is 2. The van der Waals surface area contributed by atoms with E-state index in [1.54, 1.807) is 31.5 Å². The van der Waals surface area contributed by atoms with Gasteiger partial charge >= 0.3 is 0 Å². The highest BCUT2D eigenvalue weighted by Crippen LogP contribution is 2.32. The van der Waals surface area contributed by atoms with Gasteiger partial charge in [0.05, 0.1) is 18.3 Å². The highest BCUT2D eigenvalue weighted by atomic mass is 35.5. The van der Waals surface area contributed by atoms with Crippen LogP contribution >= 0.6 is 35.4 Å². The molecule has 126 valence electrons. The maximum Gasteiger partial charge on any atom is 0.184 e. The van der Waals surface area contributed by atoms with Crippen molar-refractivity contribution < 1.29 is 9.47 Å². The number of nitrogens with two attached hydrogens (primary N) is 1. The van der Waals surface area contributed by atoms with Gasteiger partial charge in [0.15, 0.2) is 5.11 Å². The fraction of sp³-hybridized carbons (Fsp3) is 0.125. The molecule has 24 heavy (non-hydrogen) atoms. The van der Waals surface area contributed by atoms with Crippen molar-refractivity contribution in [3.05, 3.63) is 57.6 Å². The molecule has 0 atom stereocenters. The van der Waals surface area contributed by atoms with Crippen LogP contribution in [0.15, 0.2) is 41.5 Å². The standard InChI is InChI=1S/C16H15Cl2N3O2S/c1-22-13-6-5-10(8-20-21-16(19)24)7-11(13)9-23-14-4-2-3-12(17)15(14)18/h2-8H,9H2,1H3,(H3,19,21,24). The van der Waals surface area contributed by atoms with E-state index in [-0.39, 0.29) is 11.7 Å². The summed E-state index contributed by atoms with van der Waals surface area (Å²) in [4.78, 5) is 0. The Hall–Kier alpha value is -2.02. The number of thiocarbonyl (C=S) groups is 1. The van der Waals surface area contributed by atoms with Crippen molar-refractivity contribution in [1.29, 1.82) is 0 Å². The minimum Gasteiger partial charge on any atom is -0.496 e. The summed E-state index contributed by atoms with van der Waals surface area (Å²) in [5.74, 6) is 1.19. The Morgan fingerprint density at radius 3 is 2.79 bits per heavy atom. The van der Waals surface area contributed by atoms with Crippen LogP contribution in [0.1, 0.15) is 11.1 Å². The van der Waals surface area contributed by atoms with Crippen molar-refractivity contribution in [2.45, 2.75) is 6.61 Å². The highest BCUT2D eigenvalue weighted by molar-refractivity contribution is 7.80. The van der Waals surface area contributed by atoms with Gasteiger partial charge < -0.3 is 15.2 Å². The number of benzene rings is 2. The van der Waals surface area contributed by atoms with Crippen molar-refractivity contribution >= 4 is 46.7 Å². The molecule has 0 unspecified atom stereocenters. The van der Waals surface area contributed by atoms with E-state index in [2.05, 4.69) is 22.7 Å². The van der Waals surface area contributed by atoms with E-state index in [0.29, 0.717) is 21.5 Å². The third-order valence-corrected chi connectivity index (χ3v) is 3.89. The third-order valence-electron chi connectivity index (χ3n) is 2.99. The van der Waals surface area contributed by atoms with E-state index in [1.165, 1.54) is 0 Å². The highest BCUT2D eigenvalue weighted by Gasteiger charge is 2.09. The first-order valence-corrected chi connectivity index (χ1v) is 8.00. The molecule has 0 radical (unpaired) electrons. The van der Waals surface area contributed by atoms with Crippen LogP contribution in [0.5, 0.6) is 11.5 Å². The molecule has 0 aliphatic rings. The first-order valence-electron chi connectivity index (χ1n) is 6.83. The lowest BCUT2D eigenvalue weighted by Crippen LogP contribution is -2.24. The minimum absolute atomic E-state index is 0.0962. The van der Waals surface area contributed by atoms with Gasteiger partial charge in [-0.1, -0.05) is 29.3 Å². The van der Waals surface area contributed by atoms with E-state index >= 15 is 0 Å². The minimum atomic E-state index is 0.0962. The summed E-state index contributed by atoms with van der Waals surface area (Å²) < 4.78 is 11.1. The molecule has 0 amide bonds. The van der Waals surface area contributed by atoms with Crippen LogP contribution in [-0.4, -0.2) is 18.4 Å². The van der Waals surface area contributed by atoms with Crippen LogP contribution in [0.4, 0.5) is 0 Å². The second-order valence-electron chi connectivity index (χ2n) is 4.65. The molecular weight excluding hydrogens is 369 g/mol. The van der Waals surface area contributed by atoms with Gasteiger partial charge in [0.25, 0.3) is 0 Å². The number of rotatable bonds is 6. The first-order chi connectivity index (χ1) is 11.5. The lowest BCUT2D eigenvalue weighted by Gasteiger charge is -2.12. The van der Waals surface area contributed by atoms with Gasteiger partial charge in [0.1, 0.15) is 23.1 Å². The number of halogens is 2. The van der Waals surface area contributed by atoms with Gasteiger partial charge in [-0.25, -0.2) is 0 Å². The zero-order valence-electron chi connectivity index (χ0n) is 12.8. The SMILES string of the molecule is COc1ccc(C=NNC(N)=S)cc1COc1cccc(Cl)c1Cl. The van der Waals surface area contributed by atoms with E-state index in [1.807, 2.05) is 18.2 Å². The third kappa shape index (κ3) is 4.99. The van der Waals surface area contributed by atoms with Crippen molar-refractivity contribution in [2.75, 3.05) is 7.11 Å². The fourth-order valence-corrected chi connectivity index (χ4v) is 2.31. The Labute approximate surface area is 155 Å². The molecule has 0 aliphatic heterocycles. The molecule has 0 aromatic heterocycles. The Bertz CT molecular complexity index is 769. The quantitative estimate of drug-likeness (QED) is 0.451. The smallest absolute Gasteiger partial charge is 0.184 e. The average Bonchev–Trinajstić information content (AvgIpc) is 2.56. The van der Waals surface area contributed by atoms with E-state index in [4.69, 9.17) is 38.4 Å². The van der Waals surface area contributed by atoms with Gasteiger partial charge in [-0.2, -0.15) is 5.10 Å². The van der Waals surface area contributed by atoms with Crippen LogP contribution in [0.25, 0.3) is 0 Å². The Kier molecular flexibility index (Phi) is 6.66. The van der Waals surface area contributed by atoms with Crippen molar-refractivity contribution in [1.82, 2.24) is 5.43 Å². The predicted molar refractivity (Wildman–Crippen MR) is 101 cm³/mol. The van der Waals surface area contributed by atoms with Gasteiger partial charge in [-0.05, 0) is 48.1 Å². The second-order valence-corrected chi connectivity index (χ2v) is 5.87. The molecule has 0 saturated heterocycles. The maximum atomic E-state index is 6.12. The molecule has 5 nitrogen and oxygen atoms in total. The first kappa shape index (κ1) is 18.3. The molecule has 3 N–H and O–H groups in total. The number of hydrazone groups is 1. The molecule has 8 heteroatoms. The zero-order valence-corrected chi connectivity index (χ0v) is 15.1. The average molecular weight is 384 g/mol. The summed E-state index contributed by atoms with van der Waals surface area (Å²) in [5, 5.41) is 4.82. The Balaban J connectivity index is 2.17. The van der Waals surface area contributed by atoms with E-state index in [9.17, 15) is 0 Å². The molecule has 2 aromatic carbocycles. The largest absolute Gasteiger partial charge is 0.496 e. The monoisotopic (exact) mass is 383 g/mol. The van der Waals surface area contributed by atoms with Gasteiger partial charge in [0.2, 0.25) is 0 Å². The number of ether oxygens (including phenoxy) is 2. The van der Waals surface area contributed by atoms with E-state index in [0.717, 1.165) is 11.1 Å². The topological polar surface area (TPSA) is 68.9 Å². The Morgan fingerprint density at radius 2 is 2.08 bits per heavy atom. The number of nitrogens with zero attached hydrogens (tertiary/aromatic N) is 1. The van der Waals surface area contributed by atoms with Crippen molar-refractivity contribution in [3.8, 4) is 11.5 Å². The number of nitrogens with one attached hydrogen (secondary N) is 1. The van der Waals surface area contributed by atoms with Crippen LogP contribution in [0.3, 0.4) is 0 Å². The molecule has 0 fully saturated rings. The molecule has 0 saturated carbocycles. The Morgan fingerprint density at radius 1 is 1.29 bits per heavy atom. The van der Waals surface area contributed by atoms with Gasteiger partial charge in [-0.15, -0.1) is 0 Å². The number of hydrogen-bond acceptors (Lipinski definition) is 4. The molecule has 2 aromatic rings. The summed E-state index contributed by atoms with van der Waals surface area (Å²) in [6.07, 6.45) is 1.59. The molecule has 0 bridgehead atoms. The maximum absolute atomic E-state index is 6.12. The van der Waals surface area contributed by atoms with Crippen molar-refractivity contribution in [2.24, 2.45) is 10.8 Å². The number of methoxy groups -OCH3 is 1. The summed E-state index contributed by atoms with van der Waals surface area (Å²) in [7, 11) is 1.59. The van der Waals surface area contributed by atoms with Crippen LogP contribution in [-0.2, 0) is 6.61 Å². The summed E-state index contributed by atoms with van der Waals surface area (Å²) in [6, 6.07) is 10.8. The summed E-state index contributed by atoms with van der Waals surface area (Å²) in [6.45, 7) is 0.258. The van der Waals surface area contributed by atoms with Gasteiger partial charge in [-0.3, -0.25) is 5.43 Å². The molecular formula is C16H15Cl2N3O2S. The molecule has 2 rings (SSSR count). The lowest BCUT2D eigenvalue weighted by atomic mass is 10.1. The molecule has 0 aliphatic carbocycles.